The van der Waals surface area contributed by atoms with Gasteiger partial charge in [-0.1, -0.05) is 13.5 Å². The maximum absolute atomic E-state index is 10.9. The molecule has 1 unspecified atom stereocenters. The van der Waals surface area contributed by atoms with Crippen molar-refractivity contribution in [3.8, 4) is 0 Å². The van der Waals surface area contributed by atoms with Gasteiger partial charge in [0.2, 0.25) is 5.78 Å². The van der Waals surface area contributed by atoms with E-state index in [1.54, 1.807) is 13.8 Å². The van der Waals surface area contributed by atoms with Gasteiger partial charge >= 0.3 is 12.4 Å². The van der Waals surface area contributed by atoms with Crippen LogP contribution in [0.15, 0.2) is 24.7 Å². The minimum absolute atomic E-state index is 0.246. The molecule has 0 fully saturated rings. The number of ketones is 1. The summed E-state index contributed by atoms with van der Waals surface area (Å²) in [6.45, 7) is 9.46. The third kappa shape index (κ3) is 7.13. The summed E-state index contributed by atoms with van der Waals surface area (Å²) < 4.78 is 18.8. The molecule has 0 amide bonds. The van der Waals surface area contributed by atoms with Gasteiger partial charge in [0.1, 0.15) is 12.0 Å². The zero-order valence-electron chi connectivity index (χ0n) is 11.5. The van der Waals surface area contributed by atoms with Gasteiger partial charge in [0.15, 0.2) is 0 Å². The summed E-state index contributed by atoms with van der Waals surface area (Å²) in [6, 6.07) is 0. The zero-order chi connectivity index (χ0) is 14.7. The molecule has 1 heterocycles. The van der Waals surface area contributed by atoms with E-state index in [2.05, 4.69) is 16.1 Å². The molecular formula is C13H20O6. The molecule has 19 heavy (non-hydrogen) atoms. The smallest absolute Gasteiger partial charge is 0.452 e. The van der Waals surface area contributed by atoms with Crippen LogP contribution >= 0.6 is 0 Å². The normalized spacial score (nSPS) is 15.9. The van der Waals surface area contributed by atoms with Crippen molar-refractivity contribution < 1.29 is 28.5 Å². The summed E-state index contributed by atoms with van der Waals surface area (Å²) >= 11 is 0. The Morgan fingerprint density at radius 1 is 1.32 bits per heavy atom. The van der Waals surface area contributed by atoms with E-state index in [0.717, 1.165) is 6.42 Å². The van der Waals surface area contributed by atoms with Crippen LogP contribution in [-0.4, -0.2) is 31.4 Å². The van der Waals surface area contributed by atoms with Gasteiger partial charge in [-0.2, -0.15) is 0 Å². The third-order valence-electron chi connectivity index (χ3n) is 1.89. The van der Waals surface area contributed by atoms with Crippen molar-refractivity contribution in [2.75, 3.05) is 13.2 Å². The summed E-state index contributed by atoms with van der Waals surface area (Å²) in [7, 11) is 0. The summed E-state index contributed by atoms with van der Waals surface area (Å²) in [6.07, 6.45) is 2.02. The third-order valence-corrected chi connectivity index (χ3v) is 1.89. The standard InChI is InChI=1S/C8H10O3.C5H10O3/c1-3-6-5-10-8(11-6)7(9)4-2;1-3-7-5(6)8-4-2/h4-5,8H,2-3H2,1H3;3-4H2,1-2H3. The van der Waals surface area contributed by atoms with Crippen molar-refractivity contribution in [2.24, 2.45) is 0 Å². The van der Waals surface area contributed by atoms with E-state index in [1.165, 1.54) is 12.3 Å². The van der Waals surface area contributed by atoms with Crippen LogP contribution in [0.4, 0.5) is 4.79 Å². The predicted octanol–water partition coefficient (Wildman–Crippen LogP) is 2.55. The molecule has 0 aromatic heterocycles. The zero-order valence-corrected chi connectivity index (χ0v) is 11.5. The molecule has 1 aliphatic rings. The maximum atomic E-state index is 10.9. The monoisotopic (exact) mass is 272 g/mol. The molecule has 0 saturated carbocycles. The van der Waals surface area contributed by atoms with Crippen molar-refractivity contribution in [3.63, 3.8) is 0 Å². The summed E-state index contributed by atoms with van der Waals surface area (Å²) in [4.78, 5) is 21.1. The van der Waals surface area contributed by atoms with E-state index >= 15 is 0 Å². The van der Waals surface area contributed by atoms with Gasteiger partial charge in [-0.05, 0) is 19.9 Å². The quantitative estimate of drug-likeness (QED) is 0.565. The first kappa shape index (κ1) is 17.0. The Morgan fingerprint density at radius 2 is 1.89 bits per heavy atom. The van der Waals surface area contributed by atoms with E-state index in [9.17, 15) is 9.59 Å². The van der Waals surface area contributed by atoms with Crippen LogP contribution in [-0.2, 0) is 23.7 Å². The molecule has 0 N–H and O–H groups in total. The Kier molecular flexibility index (Phi) is 8.95. The first-order chi connectivity index (χ1) is 9.08. The lowest BCUT2D eigenvalue weighted by molar-refractivity contribution is -0.137. The van der Waals surface area contributed by atoms with Crippen molar-refractivity contribution in [1.82, 2.24) is 0 Å². The molecule has 108 valence electrons. The van der Waals surface area contributed by atoms with Crippen LogP contribution < -0.4 is 0 Å². The SMILES string of the molecule is C=CC(=O)C1OC=C(CC)O1.CCOC(=O)OCC. The molecule has 0 bridgehead atoms. The number of hydrogen-bond donors (Lipinski definition) is 0. The molecule has 0 aromatic carbocycles. The Bertz CT molecular complexity index is 326. The van der Waals surface area contributed by atoms with Crippen molar-refractivity contribution >= 4 is 11.9 Å². The molecule has 1 atom stereocenters. The lowest BCUT2D eigenvalue weighted by Crippen LogP contribution is -2.19. The van der Waals surface area contributed by atoms with Crippen LogP contribution in [0.25, 0.3) is 0 Å². The molecule has 0 saturated heterocycles. The molecule has 1 rings (SSSR count). The van der Waals surface area contributed by atoms with E-state index in [0.29, 0.717) is 19.0 Å². The highest BCUT2D eigenvalue weighted by atomic mass is 16.7. The van der Waals surface area contributed by atoms with Crippen LogP contribution in [0.3, 0.4) is 0 Å². The largest absolute Gasteiger partial charge is 0.508 e. The fourth-order valence-electron chi connectivity index (χ4n) is 0.996. The second-order valence-electron chi connectivity index (χ2n) is 3.25. The van der Waals surface area contributed by atoms with Crippen molar-refractivity contribution in [1.29, 1.82) is 0 Å². The fraction of sp³-hybridized carbons (Fsp3) is 0.538. The van der Waals surface area contributed by atoms with E-state index in [1.807, 2.05) is 6.92 Å². The summed E-state index contributed by atoms with van der Waals surface area (Å²) in [5.74, 6) is 0.454. The van der Waals surface area contributed by atoms with Crippen LogP contribution in [0.2, 0.25) is 0 Å². The number of rotatable bonds is 5. The van der Waals surface area contributed by atoms with E-state index in [4.69, 9.17) is 9.47 Å². The molecule has 0 aliphatic carbocycles. The van der Waals surface area contributed by atoms with Crippen molar-refractivity contribution in [2.45, 2.75) is 33.5 Å². The lowest BCUT2D eigenvalue weighted by Gasteiger charge is -2.06. The first-order valence-electron chi connectivity index (χ1n) is 6.05. The highest BCUT2D eigenvalue weighted by molar-refractivity contribution is 5.92. The van der Waals surface area contributed by atoms with Gasteiger partial charge in [-0.15, -0.1) is 0 Å². The molecule has 6 nitrogen and oxygen atoms in total. The molecular weight excluding hydrogens is 252 g/mol. The van der Waals surface area contributed by atoms with Crippen LogP contribution in [0.1, 0.15) is 27.2 Å². The fourth-order valence-corrected chi connectivity index (χ4v) is 0.996. The summed E-state index contributed by atoms with van der Waals surface area (Å²) in [5, 5.41) is 0. The van der Waals surface area contributed by atoms with Crippen molar-refractivity contribution in [3.05, 3.63) is 24.7 Å². The maximum Gasteiger partial charge on any atom is 0.508 e. The van der Waals surface area contributed by atoms with Crippen LogP contribution in [0.5, 0.6) is 0 Å². The van der Waals surface area contributed by atoms with E-state index in [-0.39, 0.29) is 5.78 Å². The average Bonchev–Trinajstić information content (AvgIpc) is 2.88. The van der Waals surface area contributed by atoms with Gasteiger partial charge in [0.25, 0.3) is 0 Å². The van der Waals surface area contributed by atoms with Gasteiger partial charge in [-0.3, -0.25) is 4.79 Å². The first-order valence-corrected chi connectivity index (χ1v) is 6.05. The Hall–Kier alpha value is -1.98. The number of hydrogen-bond acceptors (Lipinski definition) is 6. The number of carbonyl (C=O) groups excluding carboxylic acids is 2. The Balaban J connectivity index is 0.000000362. The van der Waals surface area contributed by atoms with E-state index < -0.39 is 12.4 Å². The molecule has 0 radical (unpaired) electrons. The second kappa shape index (κ2) is 9.99. The predicted molar refractivity (Wildman–Crippen MR) is 68.2 cm³/mol. The second-order valence-corrected chi connectivity index (χ2v) is 3.25. The Labute approximate surface area is 113 Å². The Morgan fingerprint density at radius 3 is 2.26 bits per heavy atom. The van der Waals surface area contributed by atoms with Gasteiger partial charge < -0.3 is 18.9 Å². The minimum Gasteiger partial charge on any atom is -0.452 e. The number of carbonyl (C=O) groups is 2. The highest BCUT2D eigenvalue weighted by Gasteiger charge is 2.23. The topological polar surface area (TPSA) is 71.1 Å². The molecule has 0 aromatic rings. The molecule has 6 heteroatoms. The number of allylic oxidation sites excluding steroid dienone is 1. The molecule has 1 aliphatic heterocycles. The van der Waals surface area contributed by atoms with Gasteiger partial charge in [0.05, 0.1) is 13.2 Å². The average molecular weight is 272 g/mol. The minimum atomic E-state index is -0.789. The van der Waals surface area contributed by atoms with Gasteiger partial charge in [-0.25, -0.2) is 4.79 Å². The lowest BCUT2D eigenvalue weighted by atomic mass is 10.4. The van der Waals surface area contributed by atoms with Crippen LogP contribution in [0, 0.1) is 0 Å². The summed E-state index contributed by atoms with van der Waals surface area (Å²) in [5.41, 5.74) is 0. The molecule has 0 spiro atoms. The van der Waals surface area contributed by atoms with Gasteiger partial charge in [0, 0.05) is 6.42 Å². The highest BCUT2D eigenvalue weighted by Crippen LogP contribution is 2.17. The number of ether oxygens (including phenoxy) is 4.